The van der Waals surface area contributed by atoms with Gasteiger partial charge in [0, 0.05) is 0 Å². The molecule has 0 amide bonds. The number of hydrogen-bond acceptors (Lipinski definition) is 4. The minimum Gasteiger partial charge on any atom is -0.369 e. The Morgan fingerprint density at radius 1 is 1.14 bits per heavy atom. The fraction of sp³-hybridized carbons (Fsp3) is 0.0625. The van der Waals surface area contributed by atoms with Crippen molar-refractivity contribution in [2.45, 2.75) is 6.54 Å². The molecule has 6 heteroatoms. The number of H-pyrrole nitrogens is 1. The lowest BCUT2D eigenvalue weighted by molar-refractivity contribution is 0.819. The van der Waals surface area contributed by atoms with E-state index in [1.54, 1.807) is 6.33 Å². The predicted octanol–water partition coefficient (Wildman–Crippen LogP) is 1.90. The van der Waals surface area contributed by atoms with E-state index in [4.69, 9.17) is 5.73 Å². The third kappa shape index (κ3) is 1.93. The van der Waals surface area contributed by atoms with Gasteiger partial charge in [-0.25, -0.2) is 4.98 Å². The highest BCUT2D eigenvalue weighted by molar-refractivity contribution is 5.85. The summed E-state index contributed by atoms with van der Waals surface area (Å²) in [5.74, 6) is 0.0946. The molecule has 0 spiro atoms. The third-order valence-corrected chi connectivity index (χ3v) is 3.71. The maximum Gasteiger partial charge on any atom is 0.280 e. The molecule has 4 aromatic rings. The zero-order valence-electron chi connectivity index (χ0n) is 11.7. The van der Waals surface area contributed by atoms with Crippen molar-refractivity contribution in [3.63, 3.8) is 0 Å². The molecule has 0 unspecified atom stereocenters. The van der Waals surface area contributed by atoms with Gasteiger partial charge in [0.1, 0.15) is 0 Å². The van der Waals surface area contributed by atoms with Crippen molar-refractivity contribution in [1.82, 2.24) is 19.5 Å². The van der Waals surface area contributed by atoms with Crippen LogP contribution in [0.15, 0.2) is 53.6 Å². The molecule has 2 heterocycles. The number of hydrogen-bond donors (Lipinski definition) is 2. The molecule has 0 radical (unpaired) electrons. The topological polar surface area (TPSA) is 89.6 Å². The van der Waals surface area contributed by atoms with Crippen LogP contribution < -0.4 is 11.3 Å². The first-order valence-electron chi connectivity index (χ1n) is 6.89. The lowest BCUT2D eigenvalue weighted by Crippen LogP contribution is -2.12. The number of nitrogen functional groups attached to an aromatic ring is 1. The van der Waals surface area contributed by atoms with Gasteiger partial charge >= 0.3 is 0 Å². The Morgan fingerprint density at radius 2 is 1.95 bits per heavy atom. The quantitative estimate of drug-likeness (QED) is 0.590. The van der Waals surface area contributed by atoms with Crippen LogP contribution in [0, 0.1) is 0 Å². The molecule has 6 nitrogen and oxygen atoms in total. The maximum absolute atomic E-state index is 11.8. The molecule has 0 atom stereocenters. The van der Waals surface area contributed by atoms with Gasteiger partial charge in [-0.2, -0.15) is 4.98 Å². The van der Waals surface area contributed by atoms with Crippen molar-refractivity contribution in [3.05, 3.63) is 64.7 Å². The SMILES string of the molecule is Nc1nc2c(ncn2Cc2cccc3ccccc23)c(=O)[nH]1. The van der Waals surface area contributed by atoms with E-state index < -0.39 is 0 Å². The molecule has 4 rings (SSSR count). The summed E-state index contributed by atoms with van der Waals surface area (Å²) in [5.41, 5.74) is 7.24. The van der Waals surface area contributed by atoms with Crippen LogP contribution in [0.25, 0.3) is 21.9 Å². The van der Waals surface area contributed by atoms with Gasteiger partial charge in [-0.05, 0) is 16.3 Å². The minimum absolute atomic E-state index is 0.0946. The Balaban J connectivity index is 1.88. The van der Waals surface area contributed by atoms with Gasteiger partial charge in [-0.15, -0.1) is 0 Å². The van der Waals surface area contributed by atoms with Crippen LogP contribution in [-0.4, -0.2) is 19.5 Å². The minimum atomic E-state index is -0.320. The molecule has 0 aliphatic rings. The molecule has 22 heavy (non-hydrogen) atoms. The molecule has 0 bridgehead atoms. The normalized spacial score (nSPS) is 11.3. The number of fused-ring (bicyclic) bond motifs is 2. The summed E-state index contributed by atoms with van der Waals surface area (Å²) in [4.78, 5) is 22.6. The Morgan fingerprint density at radius 3 is 2.86 bits per heavy atom. The van der Waals surface area contributed by atoms with Gasteiger partial charge in [0.15, 0.2) is 11.2 Å². The fourth-order valence-electron chi connectivity index (χ4n) is 2.70. The molecular weight excluding hydrogens is 278 g/mol. The number of nitrogens with two attached hydrogens (primary N) is 1. The van der Waals surface area contributed by atoms with Gasteiger partial charge < -0.3 is 10.3 Å². The van der Waals surface area contributed by atoms with Crippen molar-refractivity contribution < 1.29 is 0 Å². The number of aromatic nitrogens is 4. The molecule has 3 N–H and O–H groups in total. The Kier molecular flexibility index (Phi) is 2.69. The van der Waals surface area contributed by atoms with E-state index in [1.165, 1.54) is 10.8 Å². The summed E-state index contributed by atoms with van der Waals surface area (Å²) in [5, 5.41) is 2.35. The summed E-state index contributed by atoms with van der Waals surface area (Å²) in [7, 11) is 0. The number of nitrogens with zero attached hydrogens (tertiary/aromatic N) is 3. The summed E-state index contributed by atoms with van der Waals surface area (Å²) < 4.78 is 1.84. The van der Waals surface area contributed by atoms with E-state index in [0.717, 1.165) is 5.56 Å². The van der Waals surface area contributed by atoms with E-state index in [9.17, 15) is 4.79 Å². The monoisotopic (exact) mass is 291 g/mol. The van der Waals surface area contributed by atoms with E-state index >= 15 is 0 Å². The Hall–Kier alpha value is -3.15. The first-order valence-corrected chi connectivity index (χ1v) is 6.89. The van der Waals surface area contributed by atoms with Gasteiger partial charge in [-0.1, -0.05) is 42.5 Å². The van der Waals surface area contributed by atoms with Crippen molar-refractivity contribution in [1.29, 1.82) is 0 Å². The van der Waals surface area contributed by atoms with Crippen molar-refractivity contribution >= 4 is 27.9 Å². The van der Waals surface area contributed by atoms with Gasteiger partial charge in [0.25, 0.3) is 5.56 Å². The zero-order valence-corrected chi connectivity index (χ0v) is 11.7. The molecule has 0 aliphatic heterocycles. The van der Waals surface area contributed by atoms with Crippen LogP contribution >= 0.6 is 0 Å². The second kappa shape index (κ2) is 4.70. The summed E-state index contributed by atoms with van der Waals surface area (Å²) in [6.07, 6.45) is 1.62. The van der Waals surface area contributed by atoms with E-state index in [1.807, 2.05) is 22.8 Å². The van der Waals surface area contributed by atoms with Crippen LogP contribution in [0.5, 0.6) is 0 Å². The van der Waals surface area contributed by atoms with E-state index in [0.29, 0.717) is 17.7 Å². The molecule has 0 aliphatic carbocycles. The Labute approximate surface area is 125 Å². The second-order valence-corrected chi connectivity index (χ2v) is 5.13. The molecule has 0 fully saturated rings. The largest absolute Gasteiger partial charge is 0.369 e. The Bertz CT molecular complexity index is 1040. The molecule has 0 saturated heterocycles. The average molecular weight is 291 g/mol. The van der Waals surface area contributed by atoms with Gasteiger partial charge in [0.05, 0.1) is 12.9 Å². The molecule has 2 aromatic heterocycles. The van der Waals surface area contributed by atoms with Gasteiger partial charge in [-0.3, -0.25) is 9.78 Å². The number of rotatable bonds is 2. The summed E-state index contributed by atoms with van der Waals surface area (Å²) in [6.45, 7) is 0.577. The molecule has 2 aromatic carbocycles. The van der Waals surface area contributed by atoms with E-state index in [-0.39, 0.29) is 11.5 Å². The first-order chi connectivity index (χ1) is 10.7. The highest BCUT2D eigenvalue weighted by Gasteiger charge is 2.10. The van der Waals surface area contributed by atoms with Crippen molar-refractivity contribution in [2.24, 2.45) is 0 Å². The van der Waals surface area contributed by atoms with Crippen molar-refractivity contribution in [3.8, 4) is 0 Å². The number of imidazole rings is 1. The molecule has 0 saturated carbocycles. The summed E-state index contributed by atoms with van der Waals surface area (Å²) >= 11 is 0. The van der Waals surface area contributed by atoms with E-state index in [2.05, 4.69) is 39.2 Å². The van der Waals surface area contributed by atoms with Crippen LogP contribution in [0.4, 0.5) is 5.95 Å². The highest BCUT2D eigenvalue weighted by atomic mass is 16.1. The smallest absolute Gasteiger partial charge is 0.280 e. The lowest BCUT2D eigenvalue weighted by atomic mass is 10.0. The lowest BCUT2D eigenvalue weighted by Gasteiger charge is -2.08. The van der Waals surface area contributed by atoms with Crippen molar-refractivity contribution in [2.75, 3.05) is 5.73 Å². The summed E-state index contributed by atoms with van der Waals surface area (Å²) in [6, 6.07) is 14.3. The standard InChI is InChI=1S/C16H13N5O/c17-16-19-14-13(15(22)20-16)18-9-21(14)8-11-6-3-5-10-4-1-2-7-12(10)11/h1-7,9H,8H2,(H3,17,19,20,22). The molecule has 108 valence electrons. The van der Waals surface area contributed by atoms with Crippen LogP contribution in [0.2, 0.25) is 0 Å². The van der Waals surface area contributed by atoms with Gasteiger partial charge in [0.2, 0.25) is 5.95 Å². The highest BCUT2D eigenvalue weighted by Crippen LogP contribution is 2.20. The van der Waals surface area contributed by atoms with Crippen LogP contribution in [0.3, 0.4) is 0 Å². The second-order valence-electron chi connectivity index (χ2n) is 5.13. The maximum atomic E-state index is 11.8. The zero-order chi connectivity index (χ0) is 15.1. The molecular formula is C16H13N5O. The predicted molar refractivity (Wildman–Crippen MR) is 85.6 cm³/mol. The van der Waals surface area contributed by atoms with Crippen LogP contribution in [0.1, 0.15) is 5.56 Å². The third-order valence-electron chi connectivity index (χ3n) is 3.71. The number of benzene rings is 2. The fourth-order valence-corrected chi connectivity index (χ4v) is 2.70. The van der Waals surface area contributed by atoms with Crippen LogP contribution in [-0.2, 0) is 6.54 Å². The average Bonchev–Trinajstić information content (AvgIpc) is 2.91. The number of nitrogens with one attached hydrogen (secondary N) is 1. The number of aromatic amines is 1. The number of anilines is 1. The first kappa shape index (κ1) is 12.6.